The van der Waals surface area contributed by atoms with E-state index in [2.05, 4.69) is 25.7 Å². The summed E-state index contributed by atoms with van der Waals surface area (Å²) in [5.41, 5.74) is 0. The van der Waals surface area contributed by atoms with Crippen molar-refractivity contribution in [2.45, 2.75) is 45.7 Å². The van der Waals surface area contributed by atoms with Gasteiger partial charge in [-0.25, -0.2) is 0 Å². The summed E-state index contributed by atoms with van der Waals surface area (Å²) in [4.78, 5) is 2.67. The fourth-order valence-corrected chi connectivity index (χ4v) is 2.82. The highest BCUT2D eigenvalue weighted by molar-refractivity contribution is 4.97. The third kappa shape index (κ3) is 1.01. The number of hydrogen-bond donors (Lipinski definition) is 0. The normalized spacial score (nSPS) is 44.2. The topological polar surface area (TPSA) is 3.24 Å². The average molecular weight is 153 g/mol. The van der Waals surface area contributed by atoms with Crippen LogP contribution in [0, 0.1) is 11.8 Å². The summed E-state index contributed by atoms with van der Waals surface area (Å²) in [6.45, 7) is 8.43. The van der Waals surface area contributed by atoms with Crippen LogP contribution >= 0.6 is 0 Å². The lowest BCUT2D eigenvalue weighted by atomic mass is 9.73. The van der Waals surface area contributed by atoms with E-state index in [1.54, 1.807) is 0 Å². The van der Waals surface area contributed by atoms with Gasteiger partial charge in [0.2, 0.25) is 0 Å². The van der Waals surface area contributed by atoms with Crippen molar-refractivity contribution in [3.63, 3.8) is 0 Å². The molecule has 0 bridgehead atoms. The van der Waals surface area contributed by atoms with Crippen LogP contribution in [0.15, 0.2) is 0 Å². The fourth-order valence-electron chi connectivity index (χ4n) is 2.82. The van der Waals surface area contributed by atoms with Crippen molar-refractivity contribution in [2.24, 2.45) is 11.8 Å². The first kappa shape index (κ1) is 7.60. The first-order valence-electron chi connectivity index (χ1n) is 4.96. The zero-order valence-electron chi connectivity index (χ0n) is 7.88. The predicted octanol–water partition coefficient (Wildman–Crippen LogP) is 2.13. The highest BCUT2D eigenvalue weighted by Gasteiger charge is 2.44. The van der Waals surface area contributed by atoms with Crippen LogP contribution in [0.3, 0.4) is 0 Å². The van der Waals surface area contributed by atoms with Crippen LogP contribution in [0.1, 0.15) is 33.6 Å². The molecule has 0 aromatic heterocycles. The lowest BCUT2D eigenvalue weighted by molar-refractivity contribution is 0.179. The molecule has 1 saturated heterocycles. The van der Waals surface area contributed by atoms with Gasteiger partial charge >= 0.3 is 0 Å². The molecule has 1 heteroatoms. The van der Waals surface area contributed by atoms with Crippen molar-refractivity contribution in [2.75, 3.05) is 6.54 Å². The van der Waals surface area contributed by atoms with Crippen LogP contribution in [-0.4, -0.2) is 23.5 Å². The average Bonchev–Trinajstić information content (AvgIpc) is 2.03. The maximum atomic E-state index is 2.67. The standard InChI is InChI=1S/C10H19N/c1-7(2)11-6-9-4-5-10(9)8(11)3/h7-10H,4-6H2,1-3H3/t8?,9-,10+/m0/s1. The van der Waals surface area contributed by atoms with Gasteiger partial charge in [-0.2, -0.15) is 0 Å². The molecule has 2 rings (SSSR count). The van der Waals surface area contributed by atoms with Crippen molar-refractivity contribution in [1.29, 1.82) is 0 Å². The van der Waals surface area contributed by atoms with Crippen molar-refractivity contribution in [3.8, 4) is 0 Å². The Morgan fingerprint density at radius 3 is 2.27 bits per heavy atom. The molecule has 0 aromatic carbocycles. The Kier molecular flexibility index (Phi) is 1.71. The van der Waals surface area contributed by atoms with Gasteiger partial charge < -0.3 is 0 Å². The van der Waals surface area contributed by atoms with Crippen LogP contribution in [0.4, 0.5) is 0 Å². The molecular weight excluding hydrogens is 134 g/mol. The molecule has 0 spiro atoms. The Labute approximate surface area is 69.8 Å². The van der Waals surface area contributed by atoms with Gasteiger partial charge in [0, 0.05) is 18.6 Å². The van der Waals surface area contributed by atoms with Gasteiger partial charge in [0.15, 0.2) is 0 Å². The molecule has 1 heterocycles. The Hall–Kier alpha value is -0.0400. The van der Waals surface area contributed by atoms with Gasteiger partial charge in [0.05, 0.1) is 0 Å². The molecule has 1 unspecified atom stereocenters. The Bertz CT molecular complexity index is 153. The Morgan fingerprint density at radius 1 is 1.27 bits per heavy atom. The van der Waals surface area contributed by atoms with E-state index in [4.69, 9.17) is 0 Å². The largest absolute Gasteiger partial charge is 0.298 e. The number of hydrogen-bond acceptors (Lipinski definition) is 1. The molecular formula is C10H19N. The van der Waals surface area contributed by atoms with Crippen LogP contribution in [-0.2, 0) is 0 Å². The van der Waals surface area contributed by atoms with Gasteiger partial charge in [0.1, 0.15) is 0 Å². The summed E-state index contributed by atoms with van der Waals surface area (Å²) in [5, 5.41) is 0. The van der Waals surface area contributed by atoms with Crippen LogP contribution < -0.4 is 0 Å². The molecule has 0 N–H and O–H groups in total. The molecule has 2 aliphatic rings. The van der Waals surface area contributed by atoms with Gasteiger partial charge in [-0.1, -0.05) is 0 Å². The van der Waals surface area contributed by atoms with Crippen LogP contribution in [0.25, 0.3) is 0 Å². The second-order valence-corrected chi connectivity index (χ2v) is 4.53. The van der Waals surface area contributed by atoms with Crippen molar-refractivity contribution >= 4 is 0 Å². The Balaban J connectivity index is 2.03. The van der Waals surface area contributed by atoms with E-state index < -0.39 is 0 Å². The molecule has 2 fully saturated rings. The summed E-state index contributed by atoms with van der Waals surface area (Å²) in [6, 6.07) is 1.63. The summed E-state index contributed by atoms with van der Waals surface area (Å²) >= 11 is 0. The number of likely N-dealkylation sites (tertiary alicyclic amines) is 1. The molecule has 64 valence electrons. The summed E-state index contributed by atoms with van der Waals surface area (Å²) in [7, 11) is 0. The molecule has 0 amide bonds. The highest BCUT2D eigenvalue weighted by atomic mass is 15.2. The zero-order valence-corrected chi connectivity index (χ0v) is 7.88. The number of fused-ring (bicyclic) bond motifs is 1. The van der Waals surface area contributed by atoms with Crippen molar-refractivity contribution in [1.82, 2.24) is 4.90 Å². The zero-order chi connectivity index (χ0) is 8.01. The molecule has 1 aliphatic carbocycles. The third-order valence-corrected chi connectivity index (χ3v) is 3.73. The lowest BCUT2D eigenvalue weighted by Gasteiger charge is -2.32. The fraction of sp³-hybridized carbons (Fsp3) is 1.00. The minimum absolute atomic E-state index is 0.760. The van der Waals surface area contributed by atoms with E-state index in [1.807, 2.05) is 0 Å². The van der Waals surface area contributed by atoms with Gasteiger partial charge in [-0.05, 0) is 45.4 Å². The number of nitrogens with zero attached hydrogens (tertiary/aromatic N) is 1. The van der Waals surface area contributed by atoms with Crippen molar-refractivity contribution in [3.05, 3.63) is 0 Å². The molecule has 3 atom stereocenters. The predicted molar refractivity (Wildman–Crippen MR) is 47.5 cm³/mol. The molecule has 0 radical (unpaired) electrons. The van der Waals surface area contributed by atoms with E-state index in [-0.39, 0.29) is 0 Å². The van der Waals surface area contributed by atoms with Crippen LogP contribution in [0.2, 0.25) is 0 Å². The SMILES string of the molecule is CC(C)N1C[C@@H]2CC[C@@H]2C1C. The summed E-state index contributed by atoms with van der Waals surface area (Å²) < 4.78 is 0. The quantitative estimate of drug-likeness (QED) is 0.558. The van der Waals surface area contributed by atoms with Gasteiger partial charge in [-0.15, -0.1) is 0 Å². The third-order valence-electron chi connectivity index (χ3n) is 3.73. The number of rotatable bonds is 1. The van der Waals surface area contributed by atoms with E-state index in [9.17, 15) is 0 Å². The first-order chi connectivity index (χ1) is 5.20. The Morgan fingerprint density at radius 2 is 2.00 bits per heavy atom. The van der Waals surface area contributed by atoms with Crippen molar-refractivity contribution < 1.29 is 0 Å². The maximum Gasteiger partial charge on any atom is 0.0101 e. The smallest absolute Gasteiger partial charge is 0.0101 e. The van der Waals surface area contributed by atoms with Gasteiger partial charge in [-0.3, -0.25) is 4.90 Å². The second kappa shape index (κ2) is 2.48. The van der Waals surface area contributed by atoms with E-state index in [0.717, 1.165) is 23.9 Å². The molecule has 0 aromatic rings. The minimum Gasteiger partial charge on any atom is -0.298 e. The monoisotopic (exact) mass is 153 g/mol. The minimum atomic E-state index is 0.760. The second-order valence-electron chi connectivity index (χ2n) is 4.53. The molecule has 1 nitrogen and oxygen atoms in total. The summed E-state index contributed by atoms with van der Waals surface area (Å²) in [6.07, 6.45) is 2.99. The highest BCUT2D eigenvalue weighted by Crippen LogP contribution is 2.45. The van der Waals surface area contributed by atoms with E-state index in [0.29, 0.717) is 0 Å². The van der Waals surface area contributed by atoms with Crippen LogP contribution in [0.5, 0.6) is 0 Å². The summed E-state index contributed by atoms with van der Waals surface area (Å²) in [5.74, 6) is 2.12. The van der Waals surface area contributed by atoms with E-state index in [1.165, 1.54) is 19.4 Å². The molecule has 1 saturated carbocycles. The van der Waals surface area contributed by atoms with Gasteiger partial charge in [0.25, 0.3) is 0 Å². The first-order valence-corrected chi connectivity index (χ1v) is 4.96. The van der Waals surface area contributed by atoms with E-state index >= 15 is 0 Å². The lowest BCUT2D eigenvalue weighted by Crippen LogP contribution is -2.35. The molecule has 11 heavy (non-hydrogen) atoms. The maximum absolute atomic E-state index is 2.67. The molecule has 1 aliphatic heterocycles.